The first-order valence-electron chi connectivity index (χ1n) is 15.1. The molecule has 0 fully saturated rings. The van der Waals surface area contributed by atoms with Gasteiger partial charge in [0.15, 0.2) is 5.82 Å². The van der Waals surface area contributed by atoms with E-state index in [1.807, 2.05) is 44.2 Å². The van der Waals surface area contributed by atoms with Gasteiger partial charge in [0.25, 0.3) is 0 Å². The number of ether oxygens (including phenoxy) is 2. The second kappa shape index (κ2) is 14.5. The van der Waals surface area contributed by atoms with Crippen LogP contribution in [0.25, 0.3) is 21.9 Å². The average Bonchev–Trinajstić information content (AvgIpc) is 3.39. The first-order valence-corrected chi connectivity index (χ1v) is 16.7. The number of unbranched alkanes of at least 4 members (excludes halogenated alkanes) is 1. The lowest BCUT2D eigenvalue weighted by Gasteiger charge is -2.35. The number of esters is 1. The highest BCUT2D eigenvalue weighted by Gasteiger charge is 2.39. The number of nitrogens with one attached hydrogen (secondary N) is 1. The van der Waals surface area contributed by atoms with E-state index in [0.717, 1.165) is 29.3 Å². The molecule has 44 heavy (non-hydrogen) atoms. The summed E-state index contributed by atoms with van der Waals surface area (Å²) in [6.45, 7) is 11.8. The van der Waals surface area contributed by atoms with E-state index in [0.29, 0.717) is 35.9 Å². The molecule has 11 nitrogen and oxygen atoms in total. The number of pyridine rings is 1. The van der Waals surface area contributed by atoms with E-state index in [4.69, 9.17) is 29.2 Å². The van der Waals surface area contributed by atoms with Crippen LogP contribution in [0, 0.1) is 0 Å². The Kier molecular flexibility index (Phi) is 11.0. The predicted molar refractivity (Wildman–Crippen MR) is 172 cm³/mol. The molecule has 0 saturated carbocycles. The molecule has 3 N–H and O–H groups in total. The van der Waals surface area contributed by atoms with Gasteiger partial charge in [-0.05, 0) is 59.2 Å². The average molecular weight is 626 g/mol. The second-order valence-electron chi connectivity index (χ2n) is 11.3. The van der Waals surface area contributed by atoms with Crippen LogP contribution in [0.15, 0.2) is 54.6 Å². The van der Waals surface area contributed by atoms with Crippen LogP contribution < -0.4 is 15.3 Å². The minimum absolute atomic E-state index is 0.0444. The van der Waals surface area contributed by atoms with E-state index in [-0.39, 0.29) is 19.3 Å². The number of anilines is 1. The maximum Gasteiger partial charge on any atom is 0.459 e. The van der Waals surface area contributed by atoms with Crippen molar-refractivity contribution >= 4 is 41.5 Å². The maximum absolute atomic E-state index is 14.4. The molecule has 0 bridgehead atoms. The molecule has 0 radical (unpaired) electrons. The van der Waals surface area contributed by atoms with Crippen molar-refractivity contribution in [1.29, 1.82) is 0 Å². The Morgan fingerprint density at radius 3 is 2.45 bits per heavy atom. The van der Waals surface area contributed by atoms with Gasteiger partial charge in [0.2, 0.25) is 0 Å². The fourth-order valence-electron chi connectivity index (χ4n) is 5.08. The summed E-state index contributed by atoms with van der Waals surface area (Å²) in [7, 11) is -4.13. The molecular weight excluding hydrogens is 581 g/mol. The Hall–Kier alpha value is -3.50. The fraction of sp³-hybridized carbons (Fsp3) is 0.469. The lowest BCUT2D eigenvalue weighted by molar-refractivity contribution is -0.149. The molecule has 4 rings (SSSR count). The van der Waals surface area contributed by atoms with Crippen molar-refractivity contribution in [3.63, 3.8) is 0 Å². The van der Waals surface area contributed by atoms with Gasteiger partial charge in [-0.25, -0.2) is 14.5 Å². The van der Waals surface area contributed by atoms with Gasteiger partial charge in [0, 0.05) is 12.0 Å². The Balaban J connectivity index is 1.81. The van der Waals surface area contributed by atoms with E-state index in [2.05, 4.69) is 21.6 Å². The maximum atomic E-state index is 14.4. The third-order valence-corrected chi connectivity index (χ3v) is 8.83. The van der Waals surface area contributed by atoms with Crippen LogP contribution in [-0.2, 0) is 35.5 Å². The first-order chi connectivity index (χ1) is 21.0. The van der Waals surface area contributed by atoms with Crippen molar-refractivity contribution in [2.75, 3.05) is 18.9 Å². The predicted octanol–water partition coefficient (Wildman–Crippen LogP) is 6.74. The van der Waals surface area contributed by atoms with Crippen molar-refractivity contribution in [2.24, 2.45) is 0 Å². The van der Waals surface area contributed by atoms with Crippen molar-refractivity contribution in [2.45, 2.75) is 85.1 Å². The molecule has 12 heteroatoms. The van der Waals surface area contributed by atoms with Gasteiger partial charge in [-0.15, -0.1) is 0 Å². The van der Waals surface area contributed by atoms with Crippen LogP contribution in [0.1, 0.15) is 66.6 Å². The highest BCUT2D eigenvalue weighted by Crippen LogP contribution is 2.47. The number of nitrogens with zero attached hydrogens (tertiary/aromatic N) is 3. The monoisotopic (exact) mass is 625 g/mol. The zero-order chi connectivity index (χ0) is 31.9. The number of benzene rings is 2. The molecule has 2 heterocycles. The van der Waals surface area contributed by atoms with Crippen molar-refractivity contribution in [1.82, 2.24) is 19.6 Å². The van der Waals surface area contributed by atoms with Crippen LogP contribution in [0.4, 0.5) is 5.82 Å². The molecular formula is C32H44N5O6P. The number of imidazole rings is 1. The molecule has 0 saturated heterocycles. The summed E-state index contributed by atoms with van der Waals surface area (Å²) in [5.74, 6) is 0.724. The zero-order valence-corrected chi connectivity index (χ0v) is 27.3. The number of nitrogens with two attached hydrogens (primary N) is 1. The molecule has 0 aliphatic rings. The topological polar surface area (TPSA) is 140 Å². The summed E-state index contributed by atoms with van der Waals surface area (Å²) in [6.07, 6.45) is 2.08. The largest absolute Gasteiger partial charge is 0.462 e. The van der Waals surface area contributed by atoms with Gasteiger partial charge in [-0.3, -0.25) is 9.32 Å². The summed E-state index contributed by atoms with van der Waals surface area (Å²) in [4.78, 5) is 22.2. The number of carbonyl (C=O) groups excluding carboxylic acids is 1. The summed E-state index contributed by atoms with van der Waals surface area (Å²) < 4.78 is 39.9. The molecule has 0 aliphatic carbocycles. The molecule has 238 valence electrons. The van der Waals surface area contributed by atoms with Crippen LogP contribution in [0.3, 0.4) is 0 Å². The summed E-state index contributed by atoms with van der Waals surface area (Å²) in [5.41, 5.74) is 7.75. The minimum Gasteiger partial charge on any atom is -0.462 e. The first kappa shape index (κ1) is 33.4. The van der Waals surface area contributed by atoms with Gasteiger partial charge >= 0.3 is 13.7 Å². The second-order valence-corrected chi connectivity index (χ2v) is 13.0. The van der Waals surface area contributed by atoms with Gasteiger partial charge in [0.05, 0.1) is 29.3 Å². The number of nitrogen functional groups attached to an aromatic ring is 1. The van der Waals surface area contributed by atoms with E-state index in [1.54, 1.807) is 45.0 Å². The van der Waals surface area contributed by atoms with Gasteiger partial charge < -0.3 is 24.3 Å². The van der Waals surface area contributed by atoms with Crippen LogP contribution >= 0.6 is 7.75 Å². The Morgan fingerprint density at radius 1 is 1.07 bits per heavy atom. The highest BCUT2D eigenvalue weighted by molar-refractivity contribution is 7.52. The van der Waals surface area contributed by atoms with E-state index in [1.165, 1.54) is 0 Å². The van der Waals surface area contributed by atoms with Crippen LogP contribution in [0.2, 0.25) is 0 Å². The zero-order valence-electron chi connectivity index (χ0n) is 26.4. The smallest absolute Gasteiger partial charge is 0.459 e. The molecule has 0 aliphatic heterocycles. The fourth-order valence-corrected chi connectivity index (χ4v) is 6.69. The highest BCUT2D eigenvalue weighted by atomic mass is 31.2. The molecule has 2 aromatic carbocycles. The lowest BCUT2D eigenvalue weighted by atomic mass is 9.94. The number of para-hydroxylation sites is 2. The Morgan fingerprint density at radius 2 is 1.77 bits per heavy atom. The van der Waals surface area contributed by atoms with Crippen molar-refractivity contribution in [3.05, 3.63) is 60.4 Å². The quantitative estimate of drug-likeness (QED) is 0.102. The van der Waals surface area contributed by atoms with Gasteiger partial charge in [-0.2, -0.15) is 5.09 Å². The lowest BCUT2D eigenvalue weighted by Crippen LogP contribution is -2.40. The molecule has 0 amide bonds. The third kappa shape index (κ3) is 7.77. The number of rotatable bonds is 16. The summed E-state index contributed by atoms with van der Waals surface area (Å²) in [6, 6.07) is 15.5. The third-order valence-electron chi connectivity index (χ3n) is 7.21. The Bertz CT molecular complexity index is 1610. The summed E-state index contributed by atoms with van der Waals surface area (Å²) >= 11 is 0. The minimum atomic E-state index is -4.13. The van der Waals surface area contributed by atoms with E-state index >= 15 is 0 Å². The molecule has 3 atom stereocenters. The van der Waals surface area contributed by atoms with Gasteiger partial charge in [-0.1, -0.05) is 56.2 Å². The van der Waals surface area contributed by atoms with E-state index in [9.17, 15) is 9.36 Å². The van der Waals surface area contributed by atoms with E-state index < -0.39 is 25.3 Å². The van der Waals surface area contributed by atoms with Crippen molar-refractivity contribution in [3.8, 4) is 5.75 Å². The number of carbonyl (C=O) groups is 1. The molecule has 0 spiro atoms. The summed E-state index contributed by atoms with van der Waals surface area (Å²) in [5, 5.41) is 3.68. The number of hydrogen-bond donors (Lipinski definition) is 2. The standard InChI is InChI=1S/C32H44N5O6P/c1-7-9-19-32(6,21-41-44(39,43-24-15-11-10-12-16-24)36-23(5)31(38)42-22(3)4)37-27(20-40-8-2)35-28-29(37)25-17-13-14-18-26(25)34-30(28)33/h10-18,22-23H,7-9,19-21H2,1-6H3,(H2,33,34)(H,36,39)/t23-,32+,44+/m0/s1. The number of fused-ring (bicyclic) bond motifs is 3. The van der Waals surface area contributed by atoms with Crippen molar-refractivity contribution < 1.29 is 27.9 Å². The van der Waals surface area contributed by atoms with Crippen LogP contribution in [0.5, 0.6) is 5.75 Å². The molecule has 0 unspecified atom stereocenters. The normalized spacial score (nSPS) is 15.2. The van der Waals surface area contributed by atoms with Gasteiger partial charge in [0.1, 0.15) is 29.7 Å². The number of hydrogen-bond acceptors (Lipinski definition) is 9. The Labute approximate surface area is 259 Å². The molecule has 4 aromatic rings. The van der Waals surface area contributed by atoms with Crippen LogP contribution in [-0.4, -0.2) is 45.9 Å². The number of aromatic nitrogens is 3. The molecule has 2 aromatic heterocycles. The SMILES string of the molecule is CCCC[C@](C)(CO[P@](=O)(N[C@@H](C)C(=O)OC(C)C)Oc1ccccc1)n1c(COCC)nc2c(N)nc3ccccc3c21.